The number of carbonyl (C=O) groups is 1. The molecule has 2 atom stereocenters. The molecule has 2 unspecified atom stereocenters. The Morgan fingerprint density at radius 1 is 1.31 bits per heavy atom. The third-order valence-corrected chi connectivity index (χ3v) is 6.60. The molecule has 4 rings (SSSR count). The average Bonchev–Trinajstić information content (AvgIpc) is 3.41. The zero-order valence-corrected chi connectivity index (χ0v) is 21.0. The van der Waals surface area contributed by atoms with Crippen molar-refractivity contribution >= 4 is 29.1 Å². The zero-order valence-electron chi connectivity index (χ0n) is 20.2. The molecule has 1 aliphatic heterocycles. The van der Waals surface area contributed by atoms with Gasteiger partial charge in [0.2, 0.25) is 0 Å². The van der Waals surface area contributed by atoms with Crippen LogP contribution in [0, 0.1) is 13.8 Å². The molecular formula is C24H28ClF3N6O2. The first-order chi connectivity index (χ1) is 17.0. The van der Waals surface area contributed by atoms with Crippen LogP contribution in [0.25, 0.3) is 0 Å². The average molecular weight is 525 g/mol. The number of hydrogen-bond acceptors (Lipinski definition) is 6. The zero-order chi connectivity index (χ0) is 26.2. The lowest BCUT2D eigenvalue weighted by molar-refractivity contribution is -0.204. The topological polar surface area (TPSA) is 102 Å². The second kappa shape index (κ2) is 10.1. The molecule has 1 aromatic carbocycles. The van der Waals surface area contributed by atoms with Gasteiger partial charge < -0.3 is 14.6 Å². The van der Waals surface area contributed by atoms with E-state index >= 15 is 0 Å². The molecule has 8 nitrogen and oxygen atoms in total. The molecule has 36 heavy (non-hydrogen) atoms. The van der Waals surface area contributed by atoms with Crippen LogP contribution in [-0.4, -0.2) is 44.7 Å². The Morgan fingerprint density at radius 3 is 2.69 bits per heavy atom. The predicted octanol–water partition coefficient (Wildman–Crippen LogP) is 4.80. The number of nitrogens with one attached hydrogen (secondary N) is 1. The van der Waals surface area contributed by atoms with Gasteiger partial charge in [0.15, 0.2) is 12.0 Å². The molecular weight excluding hydrogens is 497 g/mol. The lowest BCUT2D eigenvalue weighted by Gasteiger charge is -2.30. The Morgan fingerprint density at radius 2 is 2.06 bits per heavy atom. The van der Waals surface area contributed by atoms with Gasteiger partial charge in [0.25, 0.3) is 0 Å². The smallest absolute Gasteiger partial charge is 0.440 e. The summed E-state index contributed by atoms with van der Waals surface area (Å²) in [6.45, 7) is 4.76. The van der Waals surface area contributed by atoms with Crippen molar-refractivity contribution in [2.45, 2.75) is 57.9 Å². The molecule has 3 heterocycles. The molecule has 1 aliphatic rings. The number of hydrogen-bond donors (Lipinski definition) is 2. The predicted molar refractivity (Wildman–Crippen MR) is 129 cm³/mol. The molecule has 194 valence electrons. The van der Waals surface area contributed by atoms with E-state index in [4.69, 9.17) is 22.4 Å². The number of anilines is 2. The van der Waals surface area contributed by atoms with Gasteiger partial charge in [0.1, 0.15) is 5.82 Å². The van der Waals surface area contributed by atoms with Gasteiger partial charge in [0, 0.05) is 31.5 Å². The van der Waals surface area contributed by atoms with E-state index in [9.17, 15) is 18.0 Å². The Kier molecular flexibility index (Phi) is 7.33. The van der Waals surface area contributed by atoms with Crippen LogP contribution in [0.4, 0.5) is 24.7 Å². The van der Waals surface area contributed by atoms with E-state index < -0.39 is 18.4 Å². The Bertz CT molecular complexity index is 1220. The van der Waals surface area contributed by atoms with E-state index in [0.717, 1.165) is 53.3 Å². The van der Waals surface area contributed by atoms with Gasteiger partial charge in [-0.1, -0.05) is 17.7 Å². The normalized spacial score (nSPS) is 15.5. The number of ether oxygens (including phenoxy) is 1. The molecule has 3 N–H and O–H groups in total. The molecule has 0 bridgehead atoms. The van der Waals surface area contributed by atoms with E-state index in [-0.39, 0.29) is 18.8 Å². The van der Waals surface area contributed by atoms with Crippen molar-refractivity contribution in [3.05, 3.63) is 57.8 Å². The summed E-state index contributed by atoms with van der Waals surface area (Å²) in [5.74, 6) is -1.25. The molecule has 0 saturated carbocycles. The number of nitrogens with two attached hydrogens (primary N) is 1. The van der Waals surface area contributed by atoms with Crippen molar-refractivity contribution in [1.82, 2.24) is 19.7 Å². The maximum absolute atomic E-state index is 12.6. The highest BCUT2D eigenvalue weighted by Crippen LogP contribution is 2.43. The molecule has 0 aliphatic carbocycles. The maximum atomic E-state index is 12.6. The Labute approximate surface area is 211 Å². The van der Waals surface area contributed by atoms with E-state index in [1.165, 1.54) is 0 Å². The lowest BCUT2D eigenvalue weighted by atomic mass is 9.91. The fraction of sp³-hybridized carbons (Fsp3) is 0.458. The summed E-state index contributed by atoms with van der Waals surface area (Å²) in [6.07, 6.45) is -1.31. The monoisotopic (exact) mass is 524 g/mol. The van der Waals surface area contributed by atoms with Gasteiger partial charge in [-0.15, -0.1) is 0 Å². The van der Waals surface area contributed by atoms with Crippen LogP contribution in [0.1, 0.15) is 53.4 Å². The minimum absolute atomic E-state index is 0.000245. The van der Waals surface area contributed by atoms with E-state index in [0.29, 0.717) is 10.8 Å². The van der Waals surface area contributed by atoms with E-state index in [2.05, 4.69) is 25.7 Å². The molecule has 0 fully saturated rings. The summed E-state index contributed by atoms with van der Waals surface area (Å²) in [6, 6.07) is 4.01. The van der Waals surface area contributed by atoms with Crippen molar-refractivity contribution < 1.29 is 22.7 Å². The second-order valence-corrected chi connectivity index (χ2v) is 9.43. The van der Waals surface area contributed by atoms with Crippen molar-refractivity contribution in [2.75, 3.05) is 11.4 Å². The summed E-state index contributed by atoms with van der Waals surface area (Å²) in [7, 11) is 1.83. The molecule has 0 spiro atoms. The molecule has 0 radical (unpaired) electrons. The van der Waals surface area contributed by atoms with Crippen LogP contribution in [0.3, 0.4) is 0 Å². The van der Waals surface area contributed by atoms with Gasteiger partial charge in [-0.2, -0.15) is 18.3 Å². The van der Waals surface area contributed by atoms with E-state index in [1.807, 2.05) is 27.0 Å². The van der Waals surface area contributed by atoms with Crippen LogP contribution in [0.15, 0.2) is 24.5 Å². The van der Waals surface area contributed by atoms with Gasteiger partial charge >= 0.3 is 12.1 Å². The SMILES string of the molecule is Cc1cc(C)c(N2CCCc3c2nn(C)c3C(CCC(N)OC(=O)C(F)(F)F)c2ncc[nH]2)c(Cl)c1. The molecule has 3 aromatic rings. The summed E-state index contributed by atoms with van der Waals surface area (Å²) < 4.78 is 43.9. The summed E-state index contributed by atoms with van der Waals surface area (Å²) in [4.78, 5) is 20.8. The molecule has 0 saturated heterocycles. The third kappa shape index (κ3) is 5.22. The first kappa shape index (κ1) is 26.0. The van der Waals surface area contributed by atoms with Crippen molar-refractivity contribution in [3.8, 4) is 0 Å². The number of nitrogens with zero attached hydrogens (tertiary/aromatic N) is 4. The number of aromatic amines is 1. The van der Waals surface area contributed by atoms with Gasteiger partial charge in [-0.25, -0.2) is 9.78 Å². The molecule has 12 heteroatoms. The molecule has 2 aromatic heterocycles. The molecule has 0 amide bonds. The van der Waals surface area contributed by atoms with Crippen molar-refractivity contribution in [2.24, 2.45) is 12.8 Å². The minimum atomic E-state index is -5.10. The van der Waals surface area contributed by atoms with Crippen LogP contribution in [0.2, 0.25) is 5.02 Å². The first-order valence-corrected chi connectivity index (χ1v) is 12.0. The quantitative estimate of drug-likeness (QED) is 0.340. The minimum Gasteiger partial charge on any atom is -0.440 e. The standard InChI is InChI=1S/C24H28ClF3N6O2/c1-13-11-14(2)19(17(25)12-13)34-10-4-5-16-20(33(3)32-22(16)34)15(21-30-8-9-31-21)6-7-18(29)36-23(35)24(26,27)28/h8-9,11-12,15,18H,4-7,10,29H2,1-3H3,(H,30,31). The van der Waals surface area contributed by atoms with Crippen LogP contribution < -0.4 is 10.6 Å². The number of imidazole rings is 1. The fourth-order valence-corrected chi connectivity index (χ4v) is 5.33. The first-order valence-electron chi connectivity index (χ1n) is 11.6. The van der Waals surface area contributed by atoms with Crippen molar-refractivity contribution in [3.63, 3.8) is 0 Å². The lowest BCUT2D eigenvalue weighted by Crippen LogP contribution is -2.35. The van der Waals surface area contributed by atoms with Crippen LogP contribution >= 0.6 is 11.6 Å². The number of fused-ring (bicyclic) bond motifs is 1. The Balaban J connectivity index is 1.67. The number of carbonyl (C=O) groups excluding carboxylic acids is 1. The number of aromatic nitrogens is 4. The fourth-order valence-electron chi connectivity index (χ4n) is 4.91. The highest BCUT2D eigenvalue weighted by Gasteiger charge is 2.42. The number of halogens is 4. The largest absolute Gasteiger partial charge is 0.490 e. The number of aryl methyl sites for hydroxylation is 3. The number of rotatable bonds is 7. The van der Waals surface area contributed by atoms with Crippen molar-refractivity contribution in [1.29, 1.82) is 0 Å². The van der Waals surface area contributed by atoms with Gasteiger partial charge in [-0.3, -0.25) is 10.4 Å². The number of H-pyrrole nitrogens is 1. The van der Waals surface area contributed by atoms with Crippen LogP contribution in [-0.2, 0) is 23.0 Å². The second-order valence-electron chi connectivity index (χ2n) is 9.02. The van der Waals surface area contributed by atoms with E-state index in [1.54, 1.807) is 17.1 Å². The third-order valence-electron chi connectivity index (χ3n) is 6.31. The number of alkyl halides is 3. The summed E-state index contributed by atoms with van der Waals surface area (Å²) in [5.41, 5.74) is 10.6. The summed E-state index contributed by atoms with van der Waals surface area (Å²) in [5, 5.41) is 5.48. The maximum Gasteiger partial charge on any atom is 0.490 e. The number of esters is 1. The van der Waals surface area contributed by atoms with Crippen LogP contribution in [0.5, 0.6) is 0 Å². The summed E-state index contributed by atoms with van der Waals surface area (Å²) >= 11 is 6.66. The Hall–Kier alpha value is -3.05. The number of benzene rings is 1. The highest BCUT2D eigenvalue weighted by molar-refractivity contribution is 6.33. The van der Waals surface area contributed by atoms with Gasteiger partial charge in [-0.05, 0) is 56.7 Å². The highest BCUT2D eigenvalue weighted by atomic mass is 35.5. The van der Waals surface area contributed by atoms with Gasteiger partial charge in [0.05, 0.1) is 22.3 Å².